The Kier molecular flexibility index (Phi) is 3.93. The average molecular weight is 311 g/mol. The molecule has 0 saturated heterocycles. The van der Waals surface area contributed by atoms with Crippen LogP contribution in [-0.4, -0.2) is 10.1 Å². The third-order valence-electron chi connectivity index (χ3n) is 2.59. The molecule has 0 aliphatic heterocycles. The molecular formula is C13H12BrFN2O. The summed E-state index contributed by atoms with van der Waals surface area (Å²) >= 11 is 3.30. The molecule has 3 N–H and O–H groups in total. The molecule has 2 aromatic rings. The molecule has 1 unspecified atom stereocenters. The summed E-state index contributed by atoms with van der Waals surface area (Å²) in [5, 5.41) is 10.1. The van der Waals surface area contributed by atoms with E-state index in [1.54, 1.807) is 24.4 Å². The average Bonchev–Trinajstić information content (AvgIpc) is 2.32. The number of nitrogens with two attached hydrogens (primary N) is 1. The van der Waals surface area contributed by atoms with Gasteiger partial charge in [0, 0.05) is 17.1 Å². The van der Waals surface area contributed by atoms with Crippen LogP contribution in [-0.2, 0) is 6.42 Å². The number of hydrogen-bond acceptors (Lipinski definition) is 3. The molecule has 1 aromatic carbocycles. The Morgan fingerprint density at radius 1 is 1.33 bits per heavy atom. The molecule has 2 rings (SSSR count). The Morgan fingerprint density at radius 3 is 2.83 bits per heavy atom. The van der Waals surface area contributed by atoms with Crippen LogP contribution >= 0.6 is 15.9 Å². The lowest BCUT2D eigenvalue weighted by molar-refractivity contribution is 0.177. The standard InChI is InChI=1S/C13H12BrFN2O/c14-11-2-1-9(15)7-10(11)12(18)5-8-3-4-17-13(16)6-8/h1-4,6-7,12,18H,5H2,(H2,16,17). The van der Waals surface area contributed by atoms with E-state index in [0.717, 1.165) is 5.56 Å². The summed E-state index contributed by atoms with van der Waals surface area (Å²) < 4.78 is 13.8. The number of aliphatic hydroxyl groups is 1. The van der Waals surface area contributed by atoms with Gasteiger partial charge in [0.2, 0.25) is 0 Å². The first-order valence-corrected chi connectivity index (χ1v) is 6.19. The van der Waals surface area contributed by atoms with Crippen molar-refractivity contribution in [1.82, 2.24) is 4.98 Å². The molecule has 1 atom stereocenters. The molecule has 0 aliphatic rings. The zero-order valence-electron chi connectivity index (χ0n) is 9.48. The van der Waals surface area contributed by atoms with Gasteiger partial charge in [-0.05, 0) is 41.5 Å². The summed E-state index contributed by atoms with van der Waals surface area (Å²) in [7, 11) is 0. The van der Waals surface area contributed by atoms with E-state index >= 15 is 0 Å². The highest BCUT2D eigenvalue weighted by Gasteiger charge is 2.13. The van der Waals surface area contributed by atoms with Crippen LogP contribution in [0.2, 0.25) is 0 Å². The zero-order chi connectivity index (χ0) is 13.1. The molecule has 0 bridgehead atoms. The highest BCUT2D eigenvalue weighted by atomic mass is 79.9. The van der Waals surface area contributed by atoms with Gasteiger partial charge in [0.05, 0.1) is 6.10 Å². The molecule has 1 aromatic heterocycles. The van der Waals surface area contributed by atoms with Gasteiger partial charge in [-0.25, -0.2) is 9.37 Å². The molecule has 5 heteroatoms. The fraction of sp³-hybridized carbons (Fsp3) is 0.154. The van der Waals surface area contributed by atoms with E-state index in [-0.39, 0.29) is 5.82 Å². The normalized spacial score (nSPS) is 12.4. The number of hydrogen-bond donors (Lipinski definition) is 2. The van der Waals surface area contributed by atoms with E-state index in [9.17, 15) is 9.50 Å². The summed E-state index contributed by atoms with van der Waals surface area (Å²) in [6.45, 7) is 0. The predicted octanol–water partition coefficient (Wildman–Crippen LogP) is 2.84. The zero-order valence-corrected chi connectivity index (χ0v) is 11.1. The minimum atomic E-state index is -0.795. The van der Waals surface area contributed by atoms with Gasteiger partial charge in [-0.3, -0.25) is 0 Å². The maximum absolute atomic E-state index is 13.1. The fourth-order valence-electron chi connectivity index (χ4n) is 1.72. The van der Waals surface area contributed by atoms with E-state index in [2.05, 4.69) is 20.9 Å². The monoisotopic (exact) mass is 310 g/mol. The van der Waals surface area contributed by atoms with Crippen molar-refractivity contribution in [3.63, 3.8) is 0 Å². The van der Waals surface area contributed by atoms with E-state index in [4.69, 9.17) is 5.73 Å². The number of aromatic nitrogens is 1. The van der Waals surface area contributed by atoms with Crippen LogP contribution in [0.25, 0.3) is 0 Å². The molecule has 3 nitrogen and oxygen atoms in total. The Hall–Kier alpha value is -1.46. The fourth-order valence-corrected chi connectivity index (χ4v) is 2.24. The van der Waals surface area contributed by atoms with E-state index in [1.807, 2.05) is 0 Å². The van der Waals surface area contributed by atoms with Crippen LogP contribution < -0.4 is 5.73 Å². The number of halogens is 2. The number of aliphatic hydroxyl groups excluding tert-OH is 1. The highest BCUT2D eigenvalue weighted by molar-refractivity contribution is 9.10. The molecule has 0 saturated carbocycles. The maximum atomic E-state index is 13.1. The Morgan fingerprint density at radius 2 is 2.11 bits per heavy atom. The number of nitrogens with zero attached hydrogens (tertiary/aromatic N) is 1. The number of pyridine rings is 1. The van der Waals surface area contributed by atoms with Gasteiger partial charge in [0.15, 0.2) is 0 Å². The summed E-state index contributed by atoms with van der Waals surface area (Å²) in [4.78, 5) is 3.88. The van der Waals surface area contributed by atoms with Crippen molar-refractivity contribution in [2.75, 3.05) is 5.73 Å². The van der Waals surface area contributed by atoms with Gasteiger partial charge >= 0.3 is 0 Å². The third-order valence-corrected chi connectivity index (χ3v) is 3.31. The molecule has 94 valence electrons. The van der Waals surface area contributed by atoms with Crippen LogP contribution in [0.4, 0.5) is 10.2 Å². The third kappa shape index (κ3) is 3.05. The van der Waals surface area contributed by atoms with Crippen molar-refractivity contribution in [2.45, 2.75) is 12.5 Å². The first-order valence-electron chi connectivity index (χ1n) is 5.39. The van der Waals surface area contributed by atoms with Crippen molar-refractivity contribution >= 4 is 21.7 Å². The van der Waals surface area contributed by atoms with Crippen LogP contribution in [0.15, 0.2) is 41.0 Å². The Labute approximate surface area is 113 Å². The molecule has 0 amide bonds. The number of nitrogen functional groups attached to an aromatic ring is 1. The van der Waals surface area contributed by atoms with Gasteiger partial charge < -0.3 is 10.8 Å². The van der Waals surface area contributed by atoms with E-state index in [1.165, 1.54) is 12.1 Å². The van der Waals surface area contributed by atoms with Crippen molar-refractivity contribution in [2.24, 2.45) is 0 Å². The second-order valence-electron chi connectivity index (χ2n) is 3.97. The van der Waals surface area contributed by atoms with Crippen molar-refractivity contribution in [3.05, 3.63) is 57.9 Å². The molecule has 0 fully saturated rings. The van der Waals surface area contributed by atoms with Crippen LogP contribution in [0.5, 0.6) is 0 Å². The number of benzene rings is 1. The minimum absolute atomic E-state index is 0.356. The summed E-state index contributed by atoms with van der Waals surface area (Å²) in [5.41, 5.74) is 6.94. The van der Waals surface area contributed by atoms with Crippen molar-refractivity contribution < 1.29 is 9.50 Å². The number of rotatable bonds is 3. The first kappa shape index (κ1) is 13.0. The van der Waals surface area contributed by atoms with Crippen molar-refractivity contribution in [3.8, 4) is 0 Å². The minimum Gasteiger partial charge on any atom is -0.388 e. The predicted molar refractivity (Wildman–Crippen MR) is 71.4 cm³/mol. The molecule has 0 spiro atoms. The maximum Gasteiger partial charge on any atom is 0.123 e. The van der Waals surface area contributed by atoms with Gasteiger partial charge in [0.1, 0.15) is 11.6 Å². The largest absolute Gasteiger partial charge is 0.388 e. The lowest BCUT2D eigenvalue weighted by Gasteiger charge is -2.13. The molecule has 18 heavy (non-hydrogen) atoms. The van der Waals surface area contributed by atoms with Crippen LogP contribution in [0.1, 0.15) is 17.2 Å². The van der Waals surface area contributed by atoms with Crippen LogP contribution in [0.3, 0.4) is 0 Å². The Balaban J connectivity index is 2.21. The Bertz CT molecular complexity index is 562. The van der Waals surface area contributed by atoms with E-state index in [0.29, 0.717) is 22.3 Å². The second kappa shape index (κ2) is 5.46. The van der Waals surface area contributed by atoms with Gasteiger partial charge in [-0.1, -0.05) is 15.9 Å². The highest BCUT2D eigenvalue weighted by Crippen LogP contribution is 2.27. The molecule has 1 heterocycles. The van der Waals surface area contributed by atoms with Crippen LogP contribution in [0, 0.1) is 5.82 Å². The molecular weight excluding hydrogens is 299 g/mol. The van der Waals surface area contributed by atoms with Gasteiger partial charge in [0.25, 0.3) is 0 Å². The lowest BCUT2D eigenvalue weighted by Crippen LogP contribution is -2.04. The quantitative estimate of drug-likeness (QED) is 0.916. The second-order valence-corrected chi connectivity index (χ2v) is 4.83. The van der Waals surface area contributed by atoms with Gasteiger partial charge in [-0.15, -0.1) is 0 Å². The SMILES string of the molecule is Nc1cc(CC(O)c2cc(F)ccc2Br)ccn1. The van der Waals surface area contributed by atoms with Gasteiger partial charge in [-0.2, -0.15) is 0 Å². The topological polar surface area (TPSA) is 59.1 Å². The lowest BCUT2D eigenvalue weighted by atomic mass is 10.0. The first-order chi connectivity index (χ1) is 8.56. The summed E-state index contributed by atoms with van der Waals surface area (Å²) in [5.74, 6) is 0.0273. The molecule has 0 aliphatic carbocycles. The van der Waals surface area contributed by atoms with E-state index < -0.39 is 6.10 Å². The molecule has 0 radical (unpaired) electrons. The smallest absolute Gasteiger partial charge is 0.123 e. The summed E-state index contributed by atoms with van der Waals surface area (Å²) in [6.07, 6.45) is 1.14. The summed E-state index contributed by atoms with van der Waals surface area (Å²) in [6, 6.07) is 7.70. The van der Waals surface area contributed by atoms with Crippen molar-refractivity contribution in [1.29, 1.82) is 0 Å². The number of anilines is 1.